The average Bonchev–Trinajstić information content (AvgIpc) is 2.58. The highest BCUT2D eigenvalue weighted by Gasteiger charge is 2.18. The van der Waals surface area contributed by atoms with Crippen LogP contribution in [-0.2, 0) is 4.79 Å². The zero-order chi connectivity index (χ0) is 17.7. The molecule has 0 fully saturated rings. The van der Waals surface area contributed by atoms with Gasteiger partial charge in [-0.15, -0.1) is 0 Å². The number of rotatable bonds is 6. The summed E-state index contributed by atoms with van der Waals surface area (Å²) in [5.41, 5.74) is 3.22. The van der Waals surface area contributed by atoms with Gasteiger partial charge in [-0.3, -0.25) is 4.79 Å². The van der Waals surface area contributed by atoms with Crippen LogP contribution in [0, 0.1) is 13.8 Å². The van der Waals surface area contributed by atoms with Gasteiger partial charge in [0.25, 0.3) is 5.91 Å². The van der Waals surface area contributed by atoms with Gasteiger partial charge in [0.15, 0.2) is 6.10 Å². The number of amides is 1. The number of hydrogen-bond donors (Lipinski definition) is 1. The molecule has 0 bridgehead atoms. The highest BCUT2D eigenvalue weighted by Crippen LogP contribution is 2.22. The van der Waals surface area contributed by atoms with Crippen molar-refractivity contribution in [1.82, 2.24) is 5.32 Å². The molecule has 2 aromatic rings. The molecular weight excluding hydrogens is 302 g/mol. The lowest BCUT2D eigenvalue weighted by Crippen LogP contribution is -2.37. The molecule has 0 aliphatic carbocycles. The van der Waals surface area contributed by atoms with E-state index in [1.165, 1.54) is 0 Å². The largest absolute Gasteiger partial charge is 0.497 e. The van der Waals surface area contributed by atoms with E-state index in [4.69, 9.17) is 9.47 Å². The lowest BCUT2D eigenvalue weighted by atomic mass is 10.1. The summed E-state index contributed by atoms with van der Waals surface area (Å²) in [5, 5.41) is 2.98. The molecular formula is C20H25NO3. The van der Waals surface area contributed by atoms with Gasteiger partial charge in [0.05, 0.1) is 13.2 Å². The SMILES string of the molecule is COc1ccc(C(C)NC(=O)C(C)Oc2cccc(C)c2C)cc1. The van der Waals surface area contributed by atoms with Gasteiger partial charge in [-0.25, -0.2) is 0 Å². The zero-order valence-corrected chi connectivity index (χ0v) is 14.9. The lowest BCUT2D eigenvalue weighted by Gasteiger charge is -2.20. The fraction of sp³-hybridized carbons (Fsp3) is 0.350. The van der Waals surface area contributed by atoms with E-state index < -0.39 is 6.10 Å². The molecule has 4 heteroatoms. The molecule has 1 N–H and O–H groups in total. The molecule has 1 amide bonds. The van der Waals surface area contributed by atoms with Gasteiger partial charge < -0.3 is 14.8 Å². The van der Waals surface area contributed by atoms with E-state index in [0.29, 0.717) is 0 Å². The molecule has 0 aliphatic rings. The summed E-state index contributed by atoms with van der Waals surface area (Å²) < 4.78 is 11.0. The number of benzene rings is 2. The number of carbonyl (C=O) groups is 1. The first-order chi connectivity index (χ1) is 11.4. The maximum Gasteiger partial charge on any atom is 0.261 e. The van der Waals surface area contributed by atoms with Crippen LogP contribution in [0.5, 0.6) is 11.5 Å². The Hall–Kier alpha value is -2.49. The fourth-order valence-corrected chi connectivity index (χ4v) is 2.40. The summed E-state index contributed by atoms with van der Waals surface area (Å²) in [5.74, 6) is 1.40. The standard InChI is InChI=1S/C20H25NO3/c1-13-7-6-8-19(14(13)2)24-16(4)20(22)21-15(3)17-9-11-18(23-5)12-10-17/h6-12,15-16H,1-5H3,(H,21,22). The Morgan fingerprint density at radius 2 is 1.71 bits per heavy atom. The Balaban J connectivity index is 1.98. The average molecular weight is 327 g/mol. The molecule has 0 spiro atoms. The Bertz CT molecular complexity index is 695. The third-order valence-corrected chi connectivity index (χ3v) is 4.20. The van der Waals surface area contributed by atoms with E-state index in [9.17, 15) is 4.79 Å². The minimum absolute atomic E-state index is 0.104. The number of ether oxygens (including phenoxy) is 2. The van der Waals surface area contributed by atoms with Crippen molar-refractivity contribution in [2.24, 2.45) is 0 Å². The molecule has 0 aromatic heterocycles. The van der Waals surface area contributed by atoms with Crippen molar-refractivity contribution in [3.8, 4) is 11.5 Å². The Kier molecular flexibility index (Phi) is 5.85. The molecule has 2 rings (SSSR count). The summed E-state index contributed by atoms with van der Waals surface area (Å²) in [4.78, 5) is 12.4. The van der Waals surface area contributed by atoms with E-state index in [1.807, 2.05) is 63.2 Å². The van der Waals surface area contributed by atoms with E-state index in [2.05, 4.69) is 5.32 Å². The molecule has 0 saturated heterocycles. The van der Waals surface area contributed by atoms with Crippen molar-refractivity contribution in [1.29, 1.82) is 0 Å². The predicted octanol–water partition coefficient (Wildman–Crippen LogP) is 3.96. The van der Waals surface area contributed by atoms with Crippen LogP contribution in [0.25, 0.3) is 0 Å². The van der Waals surface area contributed by atoms with Gasteiger partial charge in [0.1, 0.15) is 11.5 Å². The zero-order valence-electron chi connectivity index (χ0n) is 14.9. The van der Waals surface area contributed by atoms with Crippen molar-refractivity contribution in [2.45, 2.75) is 39.8 Å². The predicted molar refractivity (Wildman–Crippen MR) is 95.6 cm³/mol. The number of nitrogens with one attached hydrogen (secondary N) is 1. The Morgan fingerprint density at radius 3 is 2.33 bits per heavy atom. The van der Waals surface area contributed by atoms with Gasteiger partial charge in [-0.05, 0) is 62.6 Å². The van der Waals surface area contributed by atoms with Crippen molar-refractivity contribution < 1.29 is 14.3 Å². The molecule has 0 radical (unpaired) electrons. The number of hydrogen-bond acceptors (Lipinski definition) is 3. The summed E-state index contributed by atoms with van der Waals surface area (Å²) in [6, 6.07) is 13.4. The Labute approximate surface area is 143 Å². The molecule has 2 unspecified atom stereocenters. The minimum atomic E-state index is -0.564. The van der Waals surface area contributed by atoms with Crippen molar-refractivity contribution in [3.63, 3.8) is 0 Å². The summed E-state index contributed by atoms with van der Waals surface area (Å²) >= 11 is 0. The highest BCUT2D eigenvalue weighted by atomic mass is 16.5. The third kappa shape index (κ3) is 4.28. The van der Waals surface area contributed by atoms with E-state index in [1.54, 1.807) is 14.0 Å². The molecule has 4 nitrogen and oxygen atoms in total. The van der Waals surface area contributed by atoms with Gasteiger partial charge in [0, 0.05) is 0 Å². The van der Waals surface area contributed by atoms with Crippen LogP contribution in [0.15, 0.2) is 42.5 Å². The molecule has 2 atom stereocenters. The first-order valence-corrected chi connectivity index (χ1v) is 8.09. The normalized spacial score (nSPS) is 13.0. The first kappa shape index (κ1) is 17.9. The quantitative estimate of drug-likeness (QED) is 0.874. The minimum Gasteiger partial charge on any atom is -0.497 e. The number of carbonyl (C=O) groups excluding carboxylic acids is 1. The maximum atomic E-state index is 12.4. The molecule has 24 heavy (non-hydrogen) atoms. The second-order valence-electron chi connectivity index (χ2n) is 5.96. The smallest absolute Gasteiger partial charge is 0.261 e. The van der Waals surface area contributed by atoms with Crippen LogP contribution < -0.4 is 14.8 Å². The molecule has 2 aromatic carbocycles. The lowest BCUT2D eigenvalue weighted by molar-refractivity contribution is -0.127. The second-order valence-corrected chi connectivity index (χ2v) is 5.96. The van der Waals surface area contributed by atoms with Crippen molar-refractivity contribution in [2.75, 3.05) is 7.11 Å². The van der Waals surface area contributed by atoms with Gasteiger partial charge in [0.2, 0.25) is 0 Å². The van der Waals surface area contributed by atoms with Crippen LogP contribution in [0.4, 0.5) is 0 Å². The topological polar surface area (TPSA) is 47.6 Å². The first-order valence-electron chi connectivity index (χ1n) is 8.09. The molecule has 0 aliphatic heterocycles. The molecule has 0 heterocycles. The van der Waals surface area contributed by atoms with E-state index in [0.717, 1.165) is 28.2 Å². The van der Waals surface area contributed by atoms with Gasteiger partial charge >= 0.3 is 0 Å². The van der Waals surface area contributed by atoms with Crippen molar-refractivity contribution in [3.05, 3.63) is 59.2 Å². The summed E-state index contributed by atoms with van der Waals surface area (Å²) in [7, 11) is 1.63. The number of methoxy groups -OCH3 is 1. The van der Waals surface area contributed by atoms with Crippen LogP contribution in [-0.4, -0.2) is 19.1 Å². The Morgan fingerprint density at radius 1 is 1.04 bits per heavy atom. The van der Waals surface area contributed by atoms with Gasteiger partial charge in [-0.1, -0.05) is 24.3 Å². The van der Waals surface area contributed by atoms with Gasteiger partial charge in [-0.2, -0.15) is 0 Å². The fourth-order valence-electron chi connectivity index (χ4n) is 2.40. The molecule has 128 valence electrons. The van der Waals surface area contributed by atoms with Crippen LogP contribution in [0.1, 0.15) is 36.6 Å². The summed E-state index contributed by atoms with van der Waals surface area (Å²) in [6.07, 6.45) is -0.564. The summed E-state index contributed by atoms with van der Waals surface area (Å²) in [6.45, 7) is 7.73. The van der Waals surface area contributed by atoms with Crippen LogP contribution in [0.2, 0.25) is 0 Å². The monoisotopic (exact) mass is 327 g/mol. The molecule has 0 saturated carbocycles. The van der Waals surface area contributed by atoms with Crippen LogP contribution in [0.3, 0.4) is 0 Å². The second kappa shape index (κ2) is 7.86. The van der Waals surface area contributed by atoms with E-state index in [-0.39, 0.29) is 11.9 Å². The van der Waals surface area contributed by atoms with Crippen molar-refractivity contribution >= 4 is 5.91 Å². The van der Waals surface area contributed by atoms with E-state index >= 15 is 0 Å². The third-order valence-electron chi connectivity index (χ3n) is 4.20. The number of aryl methyl sites for hydroxylation is 1. The van der Waals surface area contributed by atoms with Crippen LogP contribution >= 0.6 is 0 Å². The maximum absolute atomic E-state index is 12.4. The highest BCUT2D eigenvalue weighted by molar-refractivity contribution is 5.81.